The molecule has 19 heavy (non-hydrogen) atoms. The fourth-order valence-electron chi connectivity index (χ4n) is 3.73. The summed E-state index contributed by atoms with van der Waals surface area (Å²) in [5.74, 6) is 1.60. The maximum absolute atomic E-state index is 12.3. The average molecular weight is 268 g/mol. The van der Waals surface area contributed by atoms with Crippen LogP contribution in [0.2, 0.25) is 0 Å². The normalized spacial score (nSPS) is 32.4. The fraction of sp³-hybridized carbons (Fsp3) is 0.933. The summed E-state index contributed by atoms with van der Waals surface area (Å²) in [5.41, 5.74) is 3.56. The van der Waals surface area contributed by atoms with Gasteiger partial charge in [-0.05, 0) is 23.7 Å². The van der Waals surface area contributed by atoms with Crippen LogP contribution in [0.25, 0.3) is 0 Å². The first-order chi connectivity index (χ1) is 8.87. The van der Waals surface area contributed by atoms with Crippen LogP contribution in [0.3, 0.4) is 0 Å². The molecule has 2 unspecified atom stereocenters. The number of amides is 1. The van der Waals surface area contributed by atoms with Crippen LogP contribution in [0.5, 0.6) is 0 Å². The van der Waals surface area contributed by atoms with E-state index >= 15 is 0 Å². The van der Waals surface area contributed by atoms with Crippen molar-refractivity contribution in [3.05, 3.63) is 0 Å². The summed E-state index contributed by atoms with van der Waals surface area (Å²) in [5, 5.41) is 3.34. The summed E-state index contributed by atoms with van der Waals surface area (Å²) in [6.07, 6.45) is 3.16. The molecule has 1 aliphatic heterocycles. The first-order valence-electron chi connectivity index (χ1n) is 7.74. The van der Waals surface area contributed by atoms with Gasteiger partial charge in [-0.15, -0.1) is 0 Å². The molecule has 1 heterocycles. The molecule has 2 aliphatic rings. The topological polar surface area (TPSA) is 41.1 Å². The molecular formula is C15H30N3O+. The van der Waals surface area contributed by atoms with Gasteiger partial charge in [0.05, 0.1) is 7.05 Å². The first kappa shape index (κ1) is 14.8. The van der Waals surface area contributed by atoms with Crippen LogP contribution in [-0.2, 0) is 4.79 Å². The standard InChI is InChI=1S/C15H29N3O/c1-5-12-10-13(15(12,2)3)11-14(19)17-18(4)8-6-16-7-9-18/h12-13,16H,5-11H2,1-4H3/p+1. The van der Waals surface area contributed by atoms with E-state index in [0.29, 0.717) is 22.3 Å². The van der Waals surface area contributed by atoms with Crippen molar-refractivity contribution in [2.75, 3.05) is 33.2 Å². The number of likely N-dealkylation sites (N-methyl/N-ethyl adjacent to an activating group) is 1. The highest BCUT2D eigenvalue weighted by Crippen LogP contribution is 2.54. The molecule has 110 valence electrons. The van der Waals surface area contributed by atoms with Crippen molar-refractivity contribution in [1.82, 2.24) is 10.7 Å². The molecule has 1 saturated heterocycles. The van der Waals surface area contributed by atoms with E-state index in [9.17, 15) is 4.79 Å². The minimum absolute atomic E-state index is 0.233. The van der Waals surface area contributed by atoms with Crippen LogP contribution in [0, 0.1) is 17.3 Å². The van der Waals surface area contributed by atoms with Crippen molar-refractivity contribution >= 4 is 5.91 Å². The predicted octanol–water partition coefficient (Wildman–Crippen LogP) is 1.53. The molecule has 2 fully saturated rings. The number of carbonyl (C=O) groups excluding carboxylic acids is 1. The Morgan fingerprint density at radius 3 is 2.47 bits per heavy atom. The Bertz CT molecular complexity index is 334. The maximum Gasteiger partial charge on any atom is 0.265 e. The van der Waals surface area contributed by atoms with Gasteiger partial charge in [0, 0.05) is 19.5 Å². The molecule has 1 aliphatic carbocycles. The summed E-state index contributed by atoms with van der Waals surface area (Å²) in [4.78, 5) is 12.3. The van der Waals surface area contributed by atoms with Gasteiger partial charge in [-0.25, -0.2) is 10.0 Å². The molecule has 0 radical (unpaired) electrons. The zero-order chi connectivity index (χ0) is 14.1. The summed E-state index contributed by atoms with van der Waals surface area (Å²) in [7, 11) is 2.12. The van der Waals surface area contributed by atoms with E-state index in [0.717, 1.165) is 32.1 Å². The Balaban J connectivity index is 1.82. The van der Waals surface area contributed by atoms with Crippen LogP contribution in [-0.4, -0.2) is 43.7 Å². The minimum Gasteiger partial charge on any atom is -0.306 e. The van der Waals surface area contributed by atoms with Gasteiger partial charge in [-0.3, -0.25) is 4.79 Å². The van der Waals surface area contributed by atoms with Crippen molar-refractivity contribution < 1.29 is 9.39 Å². The number of nitrogens with zero attached hydrogens (tertiary/aromatic N) is 1. The van der Waals surface area contributed by atoms with Crippen LogP contribution >= 0.6 is 0 Å². The minimum atomic E-state index is 0.233. The largest absolute Gasteiger partial charge is 0.306 e. The maximum atomic E-state index is 12.3. The van der Waals surface area contributed by atoms with E-state index in [1.54, 1.807) is 0 Å². The van der Waals surface area contributed by atoms with Crippen molar-refractivity contribution in [3.8, 4) is 0 Å². The van der Waals surface area contributed by atoms with Crippen molar-refractivity contribution in [3.63, 3.8) is 0 Å². The van der Waals surface area contributed by atoms with E-state index in [1.807, 2.05) is 0 Å². The van der Waals surface area contributed by atoms with Gasteiger partial charge in [-0.2, -0.15) is 0 Å². The van der Waals surface area contributed by atoms with Crippen LogP contribution in [0.1, 0.15) is 40.0 Å². The average Bonchev–Trinajstić information content (AvgIpc) is 2.34. The van der Waals surface area contributed by atoms with Crippen molar-refractivity contribution in [2.24, 2.45) is 17.3 Å². The third kappa shape index (κ3) is 3.11. The summed E-state index contributed by atoms with van der Waals surface area (Å²) >= 11 is 0. The van der Waals surface area contributed by atoms with E-state index in [2.05, 4.69) is 38.6 Å². The third-order valence-corrected chi connectivity index (χ3v) is 5.56. The molecule has 0 aromatic rings. The van der Waals surface area contributed by atoms with Crippen LogP contribution in [0.4, 0.5) is 0 Å². The molecule has 0 spiro atoms. The van der Waals surface area contributed by atoms with E-state index in [1.165, 1.54) is 12.8 Å². The van der Waals surface area contributed by atoms with E-state index in [4.69, 9.17) is 0 Å². The van der Waals surface area contributed by atoms with E-state index < -0.39 is 0 Å². The Morgan fingerprint density at radius 1 is 1.32 bits per heavy atom. The van der Waals surface area contributed by atoms with Gasteiger partial charge in [0.15, 0.2) is 0 Å². The fourth-order valence-corrected chi connectivity index (χ4v) is 3.73. The lowest BCUT2D eigenvalue weighted by atomic mass is 9.53. The summed E-state index contributed by atoms with van der Waals surface area (Å²) in [6, 6.07) is 0. The number of hydrogen-bond acceptors (Lipinski definition) is 2. The van der Waals surface area contributed by atoms with Gasteiger partial charge >= 0.3 is 0 Å². The van der Waals surface area contributed by atoms with Gasteiger partial charge in [0.1, 0.15) is 13.1 Å². The zero-order valence-corrected chi connectivity index (χ0v) is 13.0. The Morgan fingerprint density at radius 2 is 1.95 bits per heavy atom. The molecule has 0 aromatic heterocycles. The predicted molar refractivity (Wildman–Crippen MR) is 77.2 cm³/mol. The smallest absolute Gasteiger partial charge is 0.265 e. The monoisotopic (exact) mass is 268 g/mol. The molecule has 4 heteroatoms. The third-order valence-electron chi connectivity index (χ3n) is 5.56. The number of hydrogen-bond donors (Lipinski definition) is 2. The van der Waals surface area contributed by atoms with E-state index in [-0.39, 0.29) is 5.91 Å². The van der Waals surface area contributed by atoms with Gasteiger partial charge < -0.3 is 5.32 Å². The summed E-state index contributed by atoms with van der Waals surface area (Å²) < 4.78 is 0.691. The molecule has 1 saturated carbocycles. The zero-order valence-electron chi connectivity index (χ0n) is 13.0. The molecular weight excluding hydrogens is 238 g/mol. The quantitative estimate of drug-likeness (QED) is 0.759. The highest BCUT2D eigenvalue weighted by molar-refractivity contribution is 5.75. The van der Waals surface area contributed by atoms with Crippen LogP contribution < -0.4 is 10.7 Å². The number of quaternary nitrogens is 1. The number of rotatable bonds is 4. The molecule has 2 atom stereocenters. The van der Waals surface area contributed by atoms with Gasteiger partial charge in [0.2, 0.25) is 0 Å². The lowest BCUT2D eigenvalue weighted by Crippen LogP contribution is -2.65. The second-order valence-corrected chi connectivity index (χ2v) is 7.19. The Labute approximate surface area is 117 Å². The first-order valence-corrected chi connectivity index (χ1v) is 7.74. The number of piperazine rings is 1. The highest BCUT2D eigenvalue weighted by Gasteiger charge is 2.47. The van der Waals surface area contributed by atoms with Gasteiger partial charge in [-0.1, -0.05) is 27.2 Å². The Hall–Kier alpha value is -0.610. The molecule has 0 bridgehead atoms. The highest BCUT2D eigenvalue weighted by atomic mass is 16.2. The van der Waals surface area contributed by atoms with Crippen LogP contribution in [0.15, 0.2) is 0 Å². The lowest BCUT2D eigenvalue weighted by molar-refractivity contribution is -0.945. The molecule has 2 rings (SSSR count). The van der Waals surface area contributed by atoms with Crippen molar-refractivity contribution in [1.29, 1.82) is 0 Å². The molecule has 0 aromatic carbocycles. The number of nitrogens with one attached hydrogen (secondary N) is 2. The second-order valence-electron chi connectivity index (χ2n) is 7.19. The molecule has 4 nitrogen and oxygen atoms in total. The van der Waals surface area contributed by atoms with Crippen molar-refractivity contribution in [2.45, 2.75) is 40.0 Å². The lowest BCUT2D eigenvalue weighted by Gasteiger charge is -2.52. The SMILES string of the molecule is CCC1CC(CC(=O)N[N+]2(C)CCNCC2)C1(C)C. The molecule has 1 amide bonds. The number of carbonyl (C=O) groups is 1. The Kier molecular flexibility index (Phi) is 4.21. The molecule has 2 N–H and O–H groups in total. The summed E-state index contributed by atoms with van der Waals surface area (Å²) in [6.45, 7) is 10.9. The second kappa shape index (κ2) is 5.41. The van der Waals surface area contributed by atoms with Gasteiger partial charge in [0.25, 0.3) is 5.91 Å².